The number of likely N-dealkylation sites (N-methyl/N-ethyl adjacent to an activating group) is 1. The van der Waals surface area contributed by atoms with E-state index in [1.807, 2.05) is 7.05 Å². The van der Waals surface area contributed by atoms with Gasteiger partial charge in [0.05, 0.1) is 12.3 Å². The van der Waals surface area contributed by atoms with E-state index in [2.05, 4.69) is 26.2 Å². The van der Waals surface area contributed by atoms with Crippen molar-refractivity contribution in [3.8, 4) is 0 Å². The number of thioether (sulfide) groups is 1. The number of halogens is 1. The molecule has 112 valence electrons. The van der Waals surface area contributed by atoms with Crippen LogP contribution in [0.2, 0.25) is 0 Å². The van der Waals surface area contributed by atoms with E-state index in [0.29, 0.717) is 17.4 Å². The lowest BCUT2D eigenvalue weighted by Gasteiger charge is -2.05. The second-order valence-electron chi connectivity index (χ2n) is 4.13. The molecule has 0 aliphatic rings. The molecule has 0 saturated heterocycles. The summed E-state index contributed by atoms with van der Waals surface area (Å²) in [7, 11) is 1.84. The second kappa shape index (κ2) is 7.70. The molecule has 7 nitrogen and oxygen atoms in total. The molecule has 2 rings (SSSR count). The Bertz CT molecular complexity index is 588. The Morgan fingerprint density at radius 2 is 2.14 bits per heavy atom. The smallest absolute Gasteiger partial charge is 0.234 e. The standard InChI is InChI=1S/C12H15FN6OS/c1-14-6-7-19-12(16-17-18-19)21-8-11(20)15-10-4-2-9(13)3-5-10/h2-5,14H,6-8H2,1H3,(H,15,20). The van der Waals surface area contributed by atoms with Crippen LogP contribution in [0.25, 0.3) is 0 Å². The van der Waals surface area contributed by atoms with E-state index >= 15 is 0 Å². The molecule has 0 unspecified atom stereocenters. The number of carbonyl (C=O) groups excluding carboxylic acids is 1. The van der Waals surface area contributed by atoms with E-state index in [-0.39, 0.29) is 17.5 Å². The van der Waals surface area contributed by atoms with Gasteiger partial charge in [-0.2, -0.15) is 0 Å². The SMILES string of the molecule is CNCCn1nnnc1SCC(=O)Nc1ccc(F)cc1. The predicted molar refractivity (Wildman–Crippen MR) is 77.5 cm³/mol. The van der Waals surface area contributed by atoms with E-state index in [0.717, 1.165) is 6.54 Å². The summed E-state index contributed by atoms with van der Waals surface area (Å²) in [6.07, 6.45) is 0. The molecule has 21 heavy (non-hydrogen) atoms. The van der Waals surface area contributed by atoms with Gasteiger partial charge in [-0.3, -0.25) is 4.79 Å². The summed E-state index contributed by atoms with van der Waals surface area (Å²) in [6.45, 7) is 1.37. The number of carbonyl (C=O) groups is 1. The fourth-order valence-corrected chi connectivity index (χ4v) is 2.22. The molecule has 0 atom stereocenters. The van der Waals surface area contributed by atoms with Gasteiger partial charge in [-0.25, -0.2) is 9.07 Å². The summed E-state index contributed by atoms with van der Waals surface area (Å²) in [5, 5.41) is 17.6. The van der Waals surface area contributed by atoms with Crippen molar-refractivity contribution >= 4 is 23.4 Å². The van der Waals surface area contributed by atoms with Crippen LogP contribution in [0.1, 0.15) is 0 Å². The minimum Gasteiger partial charge on any atom is -0.325 e. The first-order chi connectivity index (χ1) is 10.2. The first-order valence-electron chi connectivity index (χ1n) is 6.28. The van der Waals surface area contributed by atoms with Gasteiger partial charge in [0.15, 0.2) is 0 Å². The normalized spacial score (nSPS) is 10.6. The maximum absolute atomic E-state index is 12.8. The second-order valence-corrected chi connectivity index (χ2v) is 5.07. The van der Waals surface area contributed by atoms with Crippen molar-refractivity contribution in [2.45, 2.75) is 11.7 Å². The first-order valence-corrected chi connectivity index (χ1v) is 7.26. The minimum absolute atomic E-state index is 0.178. The number of amides is 1. The van der Waals surface area contributed by atoms with Crippen LogP contribution < -0.4 is 10.6 Å². The summed E-state index contributed by atoms with van der Waals surface area (Å²) in [5.41, 5.74) is 0.553. The Kier molecular flexibility index (Phi) is 5.64. The quantitative estimate of drug-likeness (QED) is 0.735. The lowest BCUT2D eigenvalue weighted by Crippen LogP contribution is -2.18. The molecular weight excluding hydrogens is 295 g/mol. The van der Waals surface area contributed by atoms with Crippen molar-refractivity contribution < 1.29 is 9.18 Å². The van der Waals surface area contributed by atoms with Crippen molar-refractivity contribution in [1.82, 2.24) is 25.5 Å². The molecule has 1 amide bonds. The van der Waals surface area contributed by atoms with E-state index in [1.54, 1.807) is 4.68 Å². The van der Waals surface area contributed by atoms with E-state index in [1.165, 1.54) is 36.0 Å². The van der Waals surface area contributed by atoms with Gasteiger partial charge in [-0.1, -0.05) is 11.8 Å². The lowest BCUT2D eigenvalue weighted by atomic mass is 10.3. The van der Waals surface area contributed by atoms with Crippen molar-refractivity contribution in [2.24, 2.45) is 0 Å². The highest BCUT2D eigenvalue weighted by atomic mass is 32.2. The van der Waals surface area contributed by atoms with Gasteiger partial charge in [-0.05, 0) is 41.7 Å². The highest BCUT2D eigenvalue weighted by Gasteiger charge is 2.10. The molecule has 1 heterocycles. The van der Waals surface area contributed by atoms with Crippen LogP contribution in [-0.4, -0.2) is 45.5 Å². The first kappa shape index (κ1) is 15.4. The zero-order valence-electron chi connectivity index (χ0n) is 11.4. The number of aromatic nitrogens is 4. The van der Waals surface area contributed by atoms with E-state index in [9.17, 15) is 9.18 Å². The average molecular weight is 310 g/mol. The summed E-state index contributed by atoms with van der Waals surface area (Å²) in [6, 6.07) is 5.60. The molecule has 0 radical (unpaired) electrons. The predicted octanol–water partition coefficient (Wildman–Crippen LogP) is 0.762. The van der Waals surface area contributed by atoms with Gasteiger partial charge in [0.1, 0.15) is 5.82 Å². The molecule has 0 aliphatic carbocycles. The molecule has 0 fully saturated rings. The van der Waals surface area contributed by atoms with Crippen LogP contribution in [0.4, 0.5) is 10.1 Å². The monoisotopic (exact) mass is 310 g/mol. The molecule has 2 aromatic rings. The van der Waals surface area contributed by atoms with Crippen molar-refractivity contribution in [2.75, 3.05) is 24.7 Å². The third-order valence-electron chi connectivity index (χ3n) is 2.53. The summed E-state index contributed by atoms with van der Waals surface area (Å²) in [5.74, 6) is -0.363. The highest BCUT2D eigenvalue weighted by Crippen LogP contribution is 2.14. The topological polar surface area (TPSA) is 84.7 Å². The highest BCUT2D eigenvalue weighted by molar-refractivity contribution is 7.99. The summed E-state index contributed by atoms with van der Waals surface area (Å²) in [4.78, 5) is 11.8. The average Bonchev–Trinajstić information content (AvgIpc) is 2.93. The van der Waals surface area contributed by atoms with Crippen molar-refractivity contribution in [3.63, 3.8) is 0 Å². The number of tetrazole rings is 1. The number of anilines is 1. The number of hydrogen-bond donors (Lipinski definition) is 2. The molecule has 2 N–H and O–H groups in total. The molecule has 0 saturated carbocycles. The summed E-state index contributed by atoms with van der Waals surface area (Å²) >= 11 is 1.25. The van der Waals surface area contributed by atoms with Gasteiger partial charge in [0.25, 0.3) is 0 Å². The van der Waals surface area contributed by atoms with Gasteiger partial charge >= 0.3 is 0 Å². The molecule has 0 spiro atoms. The van der Waals surface area contributed by atoms with Crippen LogP contribution in [0, 0.1) is 5.82 Å². The van der Waals surface area contributed by atoms with E-state index in [4.69, 9.17) is 0 Å². The zero-order valence-corrected chi connectivity index (χ0v) is 12.2. The Morgan fingerprint density at radius 3 is 2.86 bits per heavy atom. The van der Waals surface area contributed by atoms with Gasteiger partial charge in [-0.15, -0.1) is 5.10 Å². The Morgan fingerprint density at radius 1 is 1.38 bits per heavy atom. The lowest BCUT2D eigenvalue weighted by molar-refractivity contribution is -0.113. The van der Waals surface area contributed by atoms with Crippen LogP contribution in [-0.2, 0) is 11.3 Å². The van der Waals surface area contributed by atoms with Crippen molar-refractivity contribution in [3.05, 3.63) is 30.1 Å². The van der Waals surface area contributed by atoms with Crippen molar-refractivity contribution in [1.29, 1.82) is 0 Å². The molecule has 1 aromatic heterocycles. The third-order valence-corrected chi connectivity index (χ3v) is 3.49. The number of nitrogens with zero attached hydrogens (tertiary/aromatic N) is 4. The number of nitrogens with one attached hydrogen (secondary N) is 2. The summed E-state index contributed by atoms with van der Waals surface area (Å²) < 4.78 is 14.4. The maximum Gasteiger partial charge on any atom is 0.234 e. The zero-order chi connectivity index (χ0) is 15.1. The molecule has 1 aromatic carbocycles. The number of hydrogen-bond acceptors (Lipinski definition) is 6. The Balaban J connectivity index is 1.83. The Hall–Kier alpha value is -2.00. The van der Waals surface area contributed by atoms with Gasteiger partial charge in [0.2, 0.25) is 11.1 Å². The van der Waals surface area contributed by atoms with Crippen LogP contribution in [0.15, 0.2) is 29.4 Å². The molecule has 0 aliphatic heterocycles. The fourth-order valence-electron chi connectivity index (χ4n) is 1.52. The van der Waals surface area contributed by atoms with Crippen LogP contribution >= 0.6 is 11.8 Å². The van der Waals surface area contributed by atoms with Gasteiger partial charge < -0.3 is 10.6 Å². The largest absolute Gasteiger partial charge is 0.325 e. The molecular formula is C12H15FN6OS. The van der Waals surface area contributed by atoms with E-state index < -0.39 is 0 Å². The number of benzene rings is 1. The van der Waals surface area contributed by atoms with Crippen LogP contribution in [0.5, 0.6) is 0 Å². The maximum atomic E-state index is 12.8. The van der Waals surface area contributed by atoms with Crippen LogP contribution in [0.3, 0.4) is 0 Å². The molecule has 0 bridgehead atoms. The minimum atomic E-state index is -0.342. The number of rotatable bonds is 7. The Labute approximate surface area is 125 Å². The third kappa shape index (κ3) is 4.80. The van der Waals surface area contributed by atoms with Gasteiger partial charge in [0, 0.05) is 12.2 Å². The molecule has 9 heteroatoms. The fraction of sp³-hybridized carbons (Fsp3) is 0.333.